The SMILES string of the molecule is NS(=O)(=O)c1ccc(-c2oc3ccccc3c(=O)c2-c2ccc3occc3c2)cc1. The molecule has 5 rings (SSSR count). The molecule has 0 spiro atoms. The third kappa shape index (κ3) is 3.01. The number of fused-ring (bicyclic) bond motifs is 2. The van der Waals surface area contributed by atoms with E-state index in [0.29, 0.717) is 39.0 Å². The van der Waals surface area contributed by atoms with E-state index in [0.717, 1.165) is 5.39 Å². The number of rotatable bonds is 3. The summed E-state index contributed by atoms with van der Waals surface area (Å²) in [5.74, 6) is 0.350. The molecule has 2 N–H and O–H groups in total. The van der Waals surface area contributed by atoms with Gasteiger partial charge in [-0.1, -0.05) is 18.2 Å². The second-order valence-corrected chi connectivity index (χ2v) is 8.44. The number of hydrogen-bond acceptors (Lipinski definition) is 5. The first-order chi connectivity index (χ1) is 14.4. The maximum absolute atomic E-state index is 13.4. The largest absolute Gasteiger partial charge is 0.464 e. The van der Waals surface area contributed by atoms with Crippen LogP contribution in [0.5, 0.6) is 0 Å². The molecular weight excluding hydrogens is 402 g/mol. The van der Waals surface area contributed by atoms with E-state index in [1.54, 1.807) is 54.8 Å². The van der Waals surface area contributed by atoms with Crippen molar-refractivity contribution in [3.63, 3.8) is 0 Å². The summed E-state index contributed by atoms with van der Waals surface area (Å²) in [5.41, 5.74) is 2.61. The van der Waals surface area contributed by atoms with Gasteiger partial charge in [0.1, 0.15) is 16.9 Å². The molecule has 0 bridgehead atoms. The van der Waals surface area contributed by atoms with Crippen molar-refractivity contribution in [3.8, 4) is 22.5 Å². The maximum Gasteiger partial charge on any atom is 0.238 e. The Morgan fingerprint density at radius 2 is 1.53 bits per heavy atom. The minimum atomic E-state index is -3.83. The standard InChI is InChI=1S/C23H15NO5S/c24-30(26,27)17-8-5-14(6-9-17)23-21(16-7-10-19-15(13-16)11-12-28-19)22(25)18-3-1-2-4-20(18)29-23/h1-13H,(H2,24,26,27). The molecule has 0 fully saturated rings. The maximum atomic E-state index is 13.4. The normalized spacial score (nSPS) is 11.9. The number of sulfonamides is 1. The lowest BCUT2D eigenvalue weighted by Crippen LogP contribution is -2.12. The third-order valence-corrected chi connectivity index (χ3v) is 5.91. The number of furan rings is 1. The molecule has 3 aromatic carbocycles. The number of para-hydroxylation sites is 1. The third-order valence-electron chi connectivity index (χ3n) is 4.98. The lowest BCUT2D eigenvalue weighted by Gasteiger charge is -2.11. The molecule has 0 saturated heterocycles. The molecular formula is C23H15NO5S. The fraction of sp³-hybridized carbons (Fsp3) is 0. The van der Waals surface area contributed by atoms with E-state index >= 15 is 0 Å². The van der Waals surface area contributed by atoms with E-state index in [4.69, 9.17) is 14.0 Å². The minimum Gasteiger partial charge on any atom is -0.464 e. The highest BCUT2D eigenvalue weighted by Crippen LogP contribution is 2.34. The Balaban J connectivity index is 1.82. The second-order valence-electron chi connectivity index (χ2n) is 6.87. The first-order valence-electron chi connectivity index (χ1n) is 9.08. The lowest BCUT2D eigenvalue weighted by atomic mass is 9.97. The molecule has 0 aliphatic carbocycles. The molecule has 5 aromatic rings. The van der Waals surface area contributed by atoms with Crippen LogP contribution in [0.1, 0.15) is 0 Å². The van der Waals surface area contributed by atoms with Gasteiger partial charge in [0.05, 0.1) is 22.1 Å². The van der Waals surface area contributed by atoms with Crippen LogP contribution in [-0.2, 0) is 10.0 Å². The average Bonchev–Trinajstić information content (AvgIpc) is 3.21. The van der Waals surface area contributed by atoms with E-state index in [9.17, 15) is 13.2 Å². The van der Waals surface area contributed by atoms with E-state index in [-0.39, 0.29) is 10.3 Å². The zero-order valence-corrected chi connectivity index (χ0v) is 16.3. The van der Waals surface area contributed by atoms with Crippen LogP contribution in [0.2, 0.25) is 0 Å². The van der Waals surface area contributed by atoms with Crippen LogP contribution in [0.4, 0.5) is 0 Å². The molecule has 0 unspecified atom stereocenters. The van der Waals surface area contributed by atoms with Gasteiger partial charge in [-0.25, -0.2) is 13.6 Å². The van der Waals surface area contributed by atoms with Gasteiger partial charge in [0.2, 0.25) is 15.5 Å². The molecule has 0 aliphatic heterocycles. The number of nitrogens with two attached hydrogens (primary N) is 1. The summed E-state index contributed by atoms with van der Waals surface area (Å²) >= 11 is 0. The van der Waals surface area contributed by atoms with Crippen molar-refractivity contribution < 1.29 is 17.3 Å². The summed E-state index contributed by atoms with van der Waals surface area (Å²) in [6, 6.07) is 20.2. The van der Waals surface area contributed by atoms with Gasteiger partial charge in [0.15, 0.2) is 0 Å². The zero-order valence-electron chi connectivity index (χ0n) is 15.5. The summed E-state index contributed by atoms with van der Waals surface area (Å²) in [6.45, 7) is 0. The summed E-state index contributed by atoms with van der Waals surface area (Å²) in [4.78, 5) is 13.4. The highest BCUT2D eigenvalue weighted by molar-refractivity contribution is 7.89. The van der Waals surface area contributed by atoms with Crippen LogP contribution in [0.25, 0.3) is 44.4 Å². The molecule has 30 heavy (non-hydrogen) atoms. The predicted octanol–water partition coefficient (Wildman–Crippen LogP) is 4.52. The number of primary sulfonamides is 1. The molecule has 0 amide bonds. The molecule has 7 heteroatoms. The van der Waals surface area contributed by atoms with Crippen molar-refractivity contribution in [1.82, 2.24) is 0 Å². The average molecular weight is 417 g/mol. The van der Waals surface area contributed by atoms with Crippen LogP contribution in [0, 0.1) is 0 Å². The molecule has 6 nitrogen and oxygen atoms in total. The van der Waals surface area contributed by atoms with Crippen molar-refractivity contribution in [2.45, 2.75) is 4.90 Å². The van der Waals surface area contributed by atoms with Gasteiger partial charge in [-0.3, -0.25) is 4.79 Å². The van der Waals surface area contributed by atoms with Crippen molar-refractivity contribution in [1.29, 1.82) is 0 Å². The second kappa shape index (κ2) is 6.69. The van der Waals surface area contributed by atoms with Crippen LogP contribution in [0.15, 0.2) is 97.6 Å². The molecule has 148 valence electrons. The molecule has 2 aromatic heterocycles. The van der Waals surface area contributed by atoms with Crippen molar-refractivity contribution in [2.24, 2.45) is 5.14 Å². The van der Waals surface area contributed by atoms with E-state index in [2.05, 4.69) is 0 Å². The topological polar surface area (TPSA) is 104 Å². The summed E-state index contributed by atoms with van der Waals surface area (Å²) < 4.78 is 34.7. The first-order valence-corrected chi connectivity index (χ1v) is 10.6. The van der Waals surface area contributed by atoms with Gasteiger partial charge < -0.3 is 8.83 Å². The predicted molar refractivity (Wildman–Crippen MR) is 115 cm³/mol. The molecule has 0 atom stereocenters. The number of hydrogen-bond donors (Lipinski definition) is 1. The Hall–Kier alpha value is -3.68. The van der Waals surface area contributed by atoms with E-state index in [1.807, 2.05) is 12.1 Å². The van der Waals surface area contributed by atoms with Gasteiger partial charge >= 0.3 is 0 Å². The van der Waals surface area contributed by atoms with Crippen molar-refractivity contribution in [3.05, 3.63) is 89.3 Å². The highest BCUT2D eigenvalue weighted by atomic mass is 32.2. The number of benzene rings is 3. The minimum absolute atomic E-state index is 0.0178. The summed E-state index contributed by atoms with van der Waals surface area (Å²) in [7, 11) is -3.83. The van der Waals surface area contributed by atoms with E-state index in [1.165, 1.54) is 12.1 Å². The Labute approximate surface area is 171 Å². The van der Waals surface area contributed by atoms with Crippen LogP contribution in [-0.4, -0.2) is 8.42 Å². The lowest BCUT2D eigenvalue weighted by molar-refractivity contribution is 0.597. The first kappa shape index (κ1) is 18.4. The fourth-order valence-corrected chi connectivity index (χ4v) is 4.04. The van der Waals surface area contributed by atoms with Crippen LogP contribution >= 0.6 is 0 Å². The smallest absolute Gasteiger partial charge is 0.238 e. The monoisotopic (exact) mass is 417 g/mol. The Morgan fingerprint density at radius 3 is 2.30 bits per heavy atom. The van der Waals surface area contributed by atoms with E-state index < -0.39 is 10.0 Å². The van der Waals surface area contributed by atoms with Gasteiger partial charge in [-0.2, -0.15) is 0 Å². The molecule has 2 heterocycles. The van der Waals surface area contributed by atoms with Crippen molar-refractivity contribution >= 4 is 32.0 Å². The Kier molecular flexibility index (Phi) is 4.09. The quantitative estimate of drug-likeness (QED) is 0.465. The van der Waals surface area contributed by atoms with Gasteiger partial charge in [0.25, 0.3) is 0 Å². The van der Waals surface area contributed by atoms with Gasteiger partial charge in [-0.05, 0) is 60.2 Å². The summed E-state index contributed by atoms with van der Waals surface area (Å²) in [6.07, 6.45) is 1.59. The molecule has 0 saturated carbocycles. The van der Waals surface area contributed by atoms with Crippen molar-refractivity contribution in [2.75, 3.05) is 0 Å². The highest BCUT2D eigenvalue weighted by Gasteiger charge is 2.19. The molecule has 0 aliphatic rings. The van der Waals surface area contributed by atoms with Crippen LogP contribution < -0.4 is 10.6 Å². The Bertz CT molecular complexity index is 1580. The van der Waals surface area contributed by atoms with Crippen LogP contribution in [0.3, 0.4) is 0 Å². The van der Waals surface area contributed by atoms with Gasteiger partial charge in [-0.15, -0.1) is 0 Å². The fourth-order valence-electron chi connectivity index (χ4n) is 3.53. The molecule has 0 radical (unpaired) electrons. The van der Waals surface area contributed by atoms with Gasteiger partial charge in [0, 0.05) is 10.9 Å². The summed E-state index contributed by atoms with van der Waals surface area (Å²) in [5, 5.41) is 6.52. The Morgan fingerprint density at radius 1 is 0.800 bits per heavy atom. The zero-order chi connectivity index (χ0) is 20.9.